The molecule has 0 spiro atoms. The summed E-state index contributed by atoms with van der Waals surface area (Å²) >= 11 is 0. The van der Waals surface area contributed by atoms with Crippen molar-refractivity contribution in [1.29, 1.82) is 0 Å². The van der Waals surface area contributed by atoms with Crippen LogP contribution in [0.25, 0.3) is 0 Å². The summed E-state index contributed by atoms with van der Waals surface area (Å²) in [7, 11) is 0. The number of fused-ring (bicyclic) bond motifs is 1. The van der Waals surface area contributed by atoms with E-state index in [9.17, 15) is 0 Å². The quantitative estimate of drug-likeness (QED) is 0.730. The molecule has 0 fully saturated rings. The Hall–Kier alpha value is -0.690. The van der Waals surface area contributed by atoms with E-state index in [2.05, 4.69) is 30.4 Å². The number of rotatable bonds is 1. The summed E-state index contributed by atoms with van der Waals surface area (Å²) < 4.78 is 0. The summed E-state index contributed by atoms with van der Waals surface area (Å²) in [5.74, 6) is 0. The molecule has 1 aromatic carbocycles. The maximum Gasteiger partial charge on any atom is 0.0375 e. The van der Waals surface area contributed by atoms with Gasteiger partial charge >= 0.3 is 0 Å². The zero-order valence-electron chi connectivity index (χ0n) is 7.97. The van der Waals surface area contributed by atoms with Gasteiger partial charge in [-0.2, -0.15) is 0 Å². The van der Waals surface area contributed by atoms with Crippen LogP contribution in [0.15, 0.2) is 18.2 Å². The first-order valence-electron chi connectivity index (χ1n) is 4.76. The van der Waals surface area contributed by atoms with Gasteiger partial charge in [0.2, 0.25) is 0 Å². The van der Waals surface area contributed by atoms with E-state index >= 15 is 0 Å². The highest BCUT2D eigenvalue weighted by atomic mass is 35.5. The summed E-state index contributed by atoms with van der Waals surface area (Å²) in [5, 5.41) is 3.44. The minimum Gasteiger partial charge on any atom is -0.385 e. The molecule has 1 aliphatic heterocycles. The van der Waals surface area contributed by atoms with E-state index in [1.165, 1.54) is 24.1 Å². The highest BCUT2D eigenvalue weighted by Crippen LogP contribution is 2.25. The number of hydrogen-bond acceptors (Lipinski definition) is 1. The third kappa shape index (κ3) is 1.97. The van der Waals surface area contributed by atoms with Gasteiger partial charge in [-0.05, 0) is 36.5 Å². The second-order valence-electron chi connectivity index (χ2n) is 3.33. The van der Waals surface area contributed by atoms with Crippen molar-refractivity contribution in [2.24, 2.45) is 0 Å². The fourth-order valence-electron chi connectivity index (χ4n) is 1.91. The Bertz CT molecular complexity index is 269. The van der Waals surface area contributed by atoms with Crippen molar-refractivity contribution in [1.82, 2.24) is 0 Å². The second-order valence-corrected chi connectivity index (χ2v) is 3.33. The predicted octanol–water partition coefficient (Wildman–Crippen LogP) is 3.03. The van der Waals surface area contributed by atoms with Crippen molar-refractivity contribution >= 4 is 18.1 Å². The third-order valence-electron chi connectivity index (χ3n) is 2.57. The van der Waals surface area contributed by atoms with Crippen LogP contribution in [-0.2, 0) is 12.8 Å². The van der Waals surface area contributed by atoms with Crippen molar-refractivity contribution in [3.63, 3.8) is 0 Å². The average molecular weight is 198 g/mol. The van der Waals surface area contributed by atoms with Gasteiger partial charge in [-0.3, -0.25) is 0 Å². The molecule has 1 heterocycles. The third-order valence-corrected chi connectivity index (χ3v) is 2.57. The van der Waals surface area contributed by atoms with Gasteiger partial charge in [0.1, 0.15) is 0 Å². The maximum atomic E-state index is 3.44. The van der Waals surface area contributed by atoms with Gasteiger partial charge in [-0.15, -0.1) is 12.4 Å². The lowest BCUT2D eigenvalue weighted by atomic mass is 9.96. The largest absolute Gasteiger partial charge is 0.385 e. The Balaban J connectivity index is 0.000000845. The lowest BCUT2D eigenvalue weighted by Crippen LogP contribution is -2.13. The normalized spacial score (nSPS) is 13.9. The molecular weight excluding hydrogens is 182 g/mol. The highest BCUT2D eigenvalue weighted by Gasteiger charge is 2.10. The summed E-state index contributed by atoms with van der Waals surface area (Å²) in [4.78, 5) is 0. The van der Waals surface area contributed by atoms with Crippen LogP contribution in [0.5, 0.6) is 0 Å². The first kappa shape index (κ1) is 10.4. The molecule has 1 N–H and O–H groups in total. The minimum atomic E-state index is 0. The summed E-state index contributed by atoms with van der Waals surface area (Å²) in [5.41, 5.74) is 4.42. The van der Waals surface area contributed by atoms with E-state index in [1.807, 2.05) is 0 Å². The number of nitrogens with one attached hydrogen (secondary N) is 1. The summed E-state index contributed by atoms with van der Waals surface area (Å²) in [6.45, 7) is 3.37. The topological polar surface area (TPSA) is 12.0 Å². The molecular formula is C11H16ClN. The zero-order valence-corrected chi connectivity index (χ0v) is 8.79. The summed E-state index contributed by atoms with van der Waals surface area (Å²) in [6, 6.07) is 6.58. The van der Waals surface area contributed by atoms with Crippen molar-refractivity contribution in [2.75, 3.05) is 11.9 Å². The molecule has 0 unspecified atom stereocenters. The van der Waals surface area contributed by atoms with Crippen LogP contribution in [0.3, 0.4) is 0 Å². The van der Waals surface area contributed by atoms with Gasteiger partial charge in [0.15, 0.2) is 0 Å². The van der Waals surface area contributed by atoms with E-state index < -0.39 is 0 Å². The van der Waals surface area contributed by atoms with E-state index in [0.717, 1.165) is 13.0 Å². The number of aryl methyl sites for hydroxylation is 1. The molecule has 72 valence electrons. The fraction of sp³-hybridized carbons (Fsp3) is 0.455. The molecule has 0 saturated heterocycles. The SMILES string of the molecule is CCc1cccc2c1CCCN2.Cl. The van der Waals surface area contributed by atoms with Gasteiger partial charge in [-0.1, -0.05) is 19.1 Å². The number of benzene rings is 1. The van der Waals surface area contributed by atoms with Crippen molar-refractivity contribution in [3.8, 4) is 0 Å². The predicted molar refractivity (Wildman–Crippen MR) is 59.9 cm³/mol. The van der Waals surface area contributed by atoms with Crippen LogP contribution in [0.4, 0.5) is 5.69 Å². The van der Waals surface area contributed by atoms with E-state index in [-0.39, 0.29) is 12.4 Å². The monoisotopic (exact) mass is 197 g/mol. The molecule has 1 nitrogen and oxygen atoms in total. The Labute approximate surface area is 86.0 Å². The molecule has 0 atom stereocenters. The van der Waals surface area contributed by atoms with Crippen LogP contribution in [0.2, 0.25) is 0 Å². The molecule has 0 bridgehead atoms. The van der Waals surface area contributed by atoms with Crippen LogP contribution in [0.1, 0.15) is 24.5 Å². The van der Waals surface area contributed by atoms with Crippen molar-refractivity contribution in [2.45, 2.75) is 26.2 Å². The van der Waals surface area contributed by atoms with Gasteiger partial charge < -0.3 is 5.32 Å². The molecule has 1 aliphatic rings. The standard InChI is InChI=1S/C11H15N.ClH/c1-2-9-5-3-7-11-10(9)6-4-8-12-11;/h3,5,7,12H,2,4,6,8H2,1H3;1H. The molecule has 0 radical (unpaired) electrons. The van der Waals surface area contributed by atoms with Crippen molar-refractivity contribution < 1.29 is 0 Å². The molecule has 0 saturated carbocycles. The Morgan fingerprint density at radius 1 is 1.38 bits per heavy atom. The van der Waals surface area contributed by atoms with Crippen LogP contribution in [0, 0.1) is 0 Å². The van der Waals surface area contributed by atoms with Crippen LogP contribution in [-0.4, -0.2) is 6.54 Å². The molecule has 2 heteroatoms. The molecule has 1 aromatic rings. The highest BCUT2D eigenvalue weighted by molar-refractivity contribution is 5.85. The Morgan fingerprint density at radius 3 is 3.00 bits per heavy atom. The van der Waals surface area contributed by atoms with E-state index in [0.29, 0.717) is 0 Å². The molecule has 0 aliphatic carbocycles. The fourth-order valence-corrected chi connectivity index (χ4v) is 1.91. The molecule has 0 amide bonds. The van der Waals surface area contributed by atoms with Gasteiger partial charge in [-0.25, -0.2) is 0 Å². The summed E-state index contributed by atoms with van der Waals surface area (Å²) in [6.07, 6.45) is 3.70. The maximum absolute atomic E-state index is 3.44. The Kier molecular flexibility index (Phi) is 3.61. The van der Waals surface area contributed by atoms with Crippen LogP contribution < -0.4 is 5.32 Å². The van der Waals surface area contributed by atoms with E-state index in [1.54, 1.807) is 5.56 Å². The average Bonchev–Trinajstić information content (AvgIpc) is 2.17. The first-order chi connectivity index (χ1) is 5.92. The second kappa shape index (κ2) is 4.52. The Morgan fingerprint density at radius 2 is 2.23 bits per heavy atom. The van der Waals surface area contributed by atoms with Gasteiger partial charge in [0.25, 0.3) is 0 Å². The number of hydrogen-bond donors (Lipinski definition) is 1. The lowest BCUT2D eigenvalue weighted by Gasteiger charge is -2.20. The van der Waals surface area contributed by atoms with E-state index in [4.69, 9.17) is 0 Å². The van der Waals surface area contributed by atoms with Crippen LogP contribution >= 0.6 is 12.4 Å². The zero-order chi connectivity index (χ0) is 8.39. The van der Waals surface area contributed by atoms with Crippen molar-refractivity contribution in [3.05, 3.63) is 29.3 Å². The smallest absolute Gasteiger partial charge is 0.0375 e. The minimum absolute atomic E-state index is 0. The van der Waals surface area contributed by atoms with Gasteiger partial charge in [0, 0.05) is 12.2 Å². The number of anilines is 1. The molecule has 13 heavy (non-hydrogen) atoms. The molecule has 2 rings (SSSR count). The first-order valence-corrected chi connectivity index (χ1v) is 4.76. The van der Waals surface area contributed by atoms with Gasteiger partial charge in [0.05, 0.1) is 0 Å². The lowest BCUT2D eigenvalue weighted by molar-refractivity contribution is 0.817. The molecule has 0 aromatic heterocycles. The number of halogens is 1.